The van der Waals surface area contributed by atoms with E-state index in [4.69, 9.17) is 21.1 Å². The average molecular weight is 382 g/mol. The van der Waals surface area contributed by atoms with E-state index in [1.54, 1.807) is 12.1 Å². The van der Waals surface area contributed by atoms with Crippen molar-refractivity contribution in [2.24, 2.45) is 0 Å². The first-order chi connectivity index (χ1) is 12.0. The monoisotopic (exact) mass is 381 g/mol. The second kappa shape index (κ2) is 7.64. The fourth-order valence-electron chi connectivity index (χ4n) is 2.64. The van der Waals surface area contributed by atoms with Crippen LogP contribution in [-0.2, 0) is 10.0 Å². The number of nitrogens with one attached hydrogen (secondary N) is 1. The summed E-state index contributed by atoms with van der Waals surface area (Å²) in [4.78, 5) is 0.212. The molecule has 0 aromatic heterocycles. The van der Waals surface area contributed by atoms with Crippen molar-refractivity contribution < 1.29 is 17.9 Å². The van der Waals surface area contributed by atoms with Gasteiger partial charge in [0, 0.05) is 11.6 Å². The highest BCUT2D eigenvalue weighted by atomic mass is 35.5. The Kier molecular flexibility index (Phi) is 5.51. The van der Waals surface area contributed by atoms with Gasteiger partial charge in [0.25, 0.3) is 0 Å². The molecule has 0 spiro atoms. The van der Waals surface area contributed by atoms with Crippen molar-refractivity contribution in [3.05, 3.63) is 53.1 Å². The van der Waals surface area contributed by atoms with E-state index in [2.05, 4.69) is 11.6 Å². The van der Waals surface area contributed by atoms with Gasteiger partial charge in [-0.1, -0.05) is 24.6 Å². The van der Waals surface area contributed by atoms with Gasteiger partial charge in [-0.2, -0.15) is 0 Å². The predicted molar refractivity (Wildman–Crippen MR) is 97.1 cm³/mol. The first-order valence-corrected chi connectivity index (χ1v) is 9.96. The molecule has 2 aromatic rings. The molecule has 1 atom stereocenters. The van der Waals surface area contributed by atoms with Crippen molar-refractivity contribution in [3.8, 4) is 11.5 Å². The summed E-state index contributed by atoms with van der Waals surface area (Å²) in [5.41, 5.74) is 1.09. The summed E-state index contributed by atoms with van der Waals surface area (Å²) in [7, 11) is -3.52. The Hall–Kier alpha value is -1.76. The number of sulfonamides is 1. The molecule has 7 heteroatoms. The molecule has 0 saturated heterocycles. The van der Waals surface area contributed by atoms with Crippen LogP contribution < -0.4 is 14.2 Å². The SMILES string of the molecule is CC(CCNS(=O)(=O)c1ccc(Cl)cc1)c1ccc2c(c1)OCCO2. The first kappa shape index (κ1) is 18.0. The van der Waals surface area contributed by atoms with Crippen LogP contribution in [0, 0.1) is 0 Å². The van der Waals surface area contributed by atoms with Crippen LogP contribution in [0.5, 0.6) is 11.5 Å². The molecule has 3 rings (SSSR count). The molecule has 0 aliphatic carbocycles. The Morgan fingerprint density at radius 2 is 1.76 bits per heavy atom. The molecule has 1 N–H and O–H groups in total. The molecule has 0 bridgehead atoms. The Morgan fingerprint density at radius 1 is 1.08 bits per heavy atom. The van der Waals surface area contributed by atoms with Gasteiger partial charge < -0.3 is 9.47 Å². The summed E-state index contributed by atoms with van der Waals surface area (Å²) in [6.07, 6.45) is 0.673. The molecule has 5 nitrogen and oxygen atoms in total. The lowest BCUT2D eigenvalue weighted by Crippen LogP contribution is -2.25. The fraction of sp³-hybridized carbons (Fsp3) is 0.333. The predicted octanol–water partition coefficient (Wildman–Crippen LogP) is 3.58. The minimum Gasteiger partial charge on any atom is -0.486 e. The molecule has 1 unspecified atom stereocenters. The molecule has 1 aliphatic heterocycles. The zero-order valence-electron chi connectivity index (χ0n) is 13.9. The van der Waals surface area contributed by atoms with E-state index in [9.17, 15) is 8.42 Å². The van der Waals surface area contributed by atoms with E-state index in [0.717, 1.165) is 17.1 Å². The maximum absolute atomic E-state index is 12.3. The van der Waals surface area contributed by atoms with Gasteiger partial charge in [-0.3, -0.25) is 0 Å². The third-order valence-electron chi connectivity index (χ3n) is 4.13. The van der Waals surface area contributed by atoms with Crippen molar-refractivity contribution in [3.63, 3.8) is 0 Å². The third-order valence-corrected chi connectivity index (χ3v) is 5.86. The summed E-state index contributed by atoms with van der Waals surface area (Å²) >= 11 is 5.79. The number of benzene rings is 2. The van der Waals surface area contributed by atoms with E-state index >= 15 is 0 Å². The van der Waals surface area contributed by atoms with Gasteiger partial charge in [-0.25, -0.2) is 13.1 Å². The molecule has 0 amide bonds. The number of hydrogen-bond donors (Lipinski definition) is 1. The topological polar surface area (TPSA) is 64.6 Å². The van der Waals surface area contributed by atoms with Crippen LogP contribution in [0.25, 0.3) is 0 Å². The molecule has 1 aliphatic rings. The zero-order valence-corrected chi connectivity index (χ0v) is 15.4. The average Bonchev–Trinajstić information content (AvgIpc) is 2.61. The number of halogens is 1. The Labute approximate surface area is 153 Å². The molecule has 0 saturated carbocycles. The smallest absolute Gasteiger partial charge is 0.240 e. The molecule has 1 heterocycles. The maximum atomic E-state index is 12.3. The molecular weight excluding hydrogens is 362 g/mol. The van der Waals surface area contributed by atoms with E-state index in [1.807, 2.05) is 18.2 Å². The Balaban J connectivity index is 1.59. The van der Waals surface area contributed by atoms with E-state index in [1.165, 1.54) is 12.1 Å². The lowest BCUT2D eigenvalue weighted by atomic mass is 9.97. The Morgan fingerprint density at radius 3 is 2.48 bits per heavy atom. The lowest BCUT2D eigenvalue weighted by Gasteiger charge is -2.20. The summed E-state index contributed by atoms with van der Waals surface area (Å²) in [6.45, 7) is 3.52. The van der Waals surface area contributed by atoms with Gasteiger partial charge in [0.1, 0.15) is 13.2 Å². The van der Waals surface area contributed by atoms with Gasteiger partial charge in [0.15, 0.2) is 11.5 Å². The first-order valence-electron chi connectivity index (χ1n) is 8.10. The summed E-state index contributed by atoms with van der Waals surface area (Å²) in [6, 6.07) is 12.0. The maximum Gasteiger partial charge on any atom is 0.240 e. The number of fused-ring (bicyclic) bond motifs is 1. The third kappa shape index (κ3) is 4.45. The molecule has 134 valence electrons. The standard InChI is InChI=1S/C18H20ClNO4S/c1-13(14-2-7-17-18(12-14)24-11-10-23-17)8-9-20-25(21,22)16-5-3-15(19)4-6-16/h2-7,12-13,20H,8-11H2,1H3. The van der Waals surface area contributed by atoms with Crippen molar-refractivity contribution in [2.45, 2.75) is 24.2 Å². The quantitative estimate of drug-likeness (QED) is 0.830. The Bertz CT molecular complexity index is 837. The molecule has 0 radical (unpaired) electrons. The van der Waals surface area contributed by atoms with Gasteiger partial charge >= 0.3 is 0 Å². The van der Waals surface area contributed by atoms with Gasteiger partial charge in [-0.05, 0) is 54.3 Å². The van der Waals surface area contributed by atoms with Crippen LogP contribution >= 0.6 is 11.6 Å². The van der Waals surface area contributed by atoms with Gasteiger partial charge in [-0.15, -0.1) is 0 Å². The largest absolute Gasteiger partial charge is 0.486 e. The second-order valence-electron chi connectivity index (χ2n) is 5.94. The highest BCUT2D eigenvalue weighted by Crippen LogP contribution is 2.33. The molecule has 0 fully saturated rings. The van der Waals surface area contributed by atoms with Crippen molar-refractivity contribution in [2.75, 3.05) is 19.8 Å². The van der Waals surface area contributed by atoms with Crippen LogP contribution in [0.2, 0.25) is 5.02 Å². The number of ether oxygens (including phenoxy) is 2. The van der Waals surface area contributed by atoms with Crippen molar-refractivity contribution >= 4 is 21.6 Å². The summed E-state index contributed by atoms with van der Waals surface area (Å²) in [5, 5.41) is 0.506. The van der Waals surface area contributed by atoms with Crippen molar-refractivity contribution in [1.82, 2.24) is 4.72 Å². The normalized spacial score (nSPS) is 15.0. The van der Waals surface area contributed by atoms with Crippen LogP contribution in [0.15, 0.2) is 47.4 Å². The number of hydrogen-bond acceptors (Lipinski definition) is 4. The van der Waals surface area contributed by atoms with Gasteiger partial charge in [0.2, 0.25) is 10.0 Å². The molecule has 25 heavy (non-hydrogen) atoms. The van der Waals surface area contributed by atoms with Gasteiger partial charge in [0.05, 0.1) is 4.90 Å². The molecular formula is C18H20ClNO4S. The zero-order chi connectivity index (χ0) is 17.9. The molecule has 2 aromatic carbocycles. The highest BCUT2D eigenvalue weighted by molar-refractivity contribution is 7.89. The highest BCUT2D eigenvalue weighted by Gasteiger charge is 2.16. The van der Waals surface area contributed by atoms with E-state index < -0.39 is 10.0 Å². The number of rotatable bonds is 6. The summed E-state index contributed by atoms with van der Waals surface area (Å²) in [5.74, 6) is 1.69. The van der Waals surface area contributed by atoms with Crippen LogP contribution in [-0.4, -0.2) is 28.2 Å². The fourth-order valence-corrected chi connectivity index (χ4v) is 3.81. The van der Waals surface area contributed by atoms with Crippen LogP contribution in [0.4, 0.5) is 0 Å². The lowest BCUT2D eigenvalue weighted by molar-refractivity contribution is 0.171. The van der Waals surface area contributed by atoms with E-state index in [-0.39, 0.29) is 10.8 Å². The van der Waals surface area contributed by atoms with E-state index in [0.29, 0.717) is 31.2 Å². The van der Waals surface area contributed by atoms with Crippen LogP contribution in [0.1, 0.15) is 24.8 Å². The van der Waals surface area contributed by atoms with Crippen molar-refractivity contribution in [1.29, 1.82) is 0 Å². The second-order valence-corrected chi connectivity index (χ2v) is 8.15. The minimum atomic E-state index is -3.52. The minimum absolute atomic E-state index is 0.184. The summed E-state index contributed by atoms with van der Waals surface area (Å²) < 4.78 is 38.3. The van der Waals surface area contributed by atoms with Crippen LogP contribution in [0.3, 0.4) is 0 Å².